The molecule has 0 saturated heterocycles. The average molecular weight is 266 g/mol. The molecule has 0 aliphatic carbocycles. The van der Waals surface area contributed by atoms with Crippen molar-refractivity contribution in [2.75, 3.05) is 13.7 Å². The zero-order valence-electron chi connectivity index (χ0n) is 12.0. The molecule has 1 aromatic rings. The Kier molecular flexibility index (Phi) is 5.92. The summed E-state index contributed by atoms with van der Waals surface area (Å²) in [7, 11) is 1.68. The van der Waals surface area contributed by atoms with Gasteiger partial charge in [-0.1, -0.05) is 26.0 Å². The van der Waals surface area contributed by atoms with Crippen molar-refractivity contribution in [3.05, 3.63) is 39.4 Å². The molecular formula is C14H22N2O3. The smallest absolute Gasteiger partial charge is 0.272 e. The monoisotopic (exact) mass is 266 g/mol. The zero-order valence-corrected chi connectivity index (χ0v) is 12.0. The lowest BCUT2D eigenvalue weighted by Gasteiger charge is -2.22. The van der Waals surface area contributed by atoms with Gasteiger partial charge in [-0.15, -0.1) is 0 Å². The first-order chi connectivity index (χ1) is 8.97. The highest BCUT2D eigenvalue weighted by molar-refractivity contribution is 5.44. The second-order valence-corrected chi connectivity index (χ2v) is 5.01. The van der Waals surface area contributed by atoms with Crippen LogP contribution < -0.4 is 5.32 Å². The molecule has 106 valence electrons. The number of rotatable bonds is 7. The summed E-state index contributed by atoms with van der Waals surface area (Å²) in [6.07, 6.45) is 0. The van der Waals surface area contributed by atoms with Crippen molar-refractivity contribution in [1.29, 1.82) is 0 Å². The van der Waals surface area contributed by atoms with Crippen LogP contribution in [0.5, 0.6) is 0 Å². The van der Waals surface area contributed by atoms with Crippen LogP contribution in [0.15, 0.2) is 18.2 Å². The number of ether oxygens (including phenoxy) is 1. The van der Waals surface area contributed by atoms with Gasteiger partial charge in [-0.25, -0.2) is 0 Å². The average Bonchev–Trinajstić information content (AvgIpc) is 2.35. The molecule has 0 heterocycles. The summed E-state index contributed by atoms with van der Waals surface area (Å²) in [5, 5.41) is 14.3. The van der Waals surface area contributed by atoms with E-state index in [-0.39, 0.29) is 16.7 Å². The van der Waals surface area contributed by atoms with Gasteiger partial charge in [0.2, 0.25) is 0 Å². The highest BCUT2D eigenvalue weighted by atomic mass is 16.6. The Morgan fingerprint density at radius 2 is 2.11 bits per heavy atom. The van der Waals surface area contributed by atoms with Gasteiger partial charge < -0.3 is 10.1 Å². The van der Waals surface area contributed by atoms with Crippen molar-refractivity contribution in [1.82, 2.24) is 5.32 Å². The maximum absolute atomic E-state index is 10.9. The number of hydrogen-bond acceptors (Lipinski definition) is 4. The van der Waals surface area contributed by atoms with Crippen LogP contribution in [-0.4, -0.2) is 24.7 Å². The zero-order chi connectivity index (χ0) is 14.4. The number of hydrogen-bond donors (Lipinski definition) is 1. The van der Waals surface area contributed by atoms with E-state index in [1.54, 1.807) is 20.1 Å². The van der Waals surface area contributed by atoms with Gasteiger partial charge in [0.15, 0.2) is 0 Å². The number of nitro groups is 1. The van der Waals surface area contributed by atoms with Crippen LogP contribution in [0.3, 0.4) is 0 Å². The Bertz CT molecular complexity index is 433. The Labute approximate surface area is 114 Å². The largest absolute Gasteiger partial charge is 0.383 e. The van der Waals surface area contributed by atoms with Crippen LogP contribution in [0, 0.1) is 23.0 Å². The third-order valence-corrected chi connectivity index (χ3v) is 3.32. The summed E-state index contributed by atoms with van der Waals surface area (Å²) in [5.74, 6) is 0.443. The first kappa shape index (κ1) is 15.6. The van der Waals surface area contributed by atoms with Gasteiger partial charge >= 0.3 is 0 Å². The molecule has 1 aromatic carbocycles. The van der Waals surface area contributed by atoms with Gasteiger partial charge in [-0.2, -0.15) is 0 Å². The molecular weight excluding hydrogens is 244 g/mol. The Hall–Kier alpha value is -1.46. The van der Waals surface area contributed by atoms with Crippen LogP contribution in [0.4, 0.5) is 5.69 Å². The van der Waals surface area contributed by atoms with Crippen molar-refractivity contribution in [3.8, 4) is 0 Å². The molecule has 19 heavy (non-hydrogen) atoms. The van der Waals surface area contributed by atoms with E-state index in [0.717, 1.165) is 11.1 Å². The Balaban J connectivity index is 2.77. The molecule has 0 aliphatic heterocycles. The normalized spacial score (nSPS) is 12.7. The fraction of sp³-hybridized carbons (Fsp3) is 0.571. The van der Waals surface area contributed by atoms with Gasteiger partial charge in [-0.05, 0) is 18.4 Å². The molecule has 0 fully saturated rings. The molecule has 0 aromatic heterocycles. The van der Waals surface area contributed by atoms with Gasteiger partial charge in [0, 0.05) is 31.3 Å². The molecule has 0 spiro atoms. The summed E-state index contributed by atoms with van der Waals surface area (Å²) in [4.78, 5) is 10.5. The minimum Gasteiger partial charge on any atom is -0.383 e. The summed E-state index contributed by atoms with van der Waals surface area (Å²) < 4.78 is 5.18. The van der Waals surface area contributed by atoms with E-state index in [0.29, 0.717) is 19.1 Å². The van der Waals surface area contributed by atoms with E-state index < -0.39 is 0 Å². The molecule has 0 aliphatic rings. The maximum atomic E-state index is 10.9. The van der Waals surface area contributed by atoms with E-state index >= 15 is 0 Å². The topological polar surface area (TPSA) is 64.4 Å². The standard InChI is InChI=1S/C14H22N2O3/c1-10(2)13(9-19-4)15-8-12-6-5-7-14(11(12)3)16(17)18/h5-7,10,13,15H,8-9H2,1-4H3. The number of nitrogens with zero attached hydrogens (tertiary/aromatic N) is 1. The first-order valence-corrected chi connectivity index (χ1v) is 6.42. The summed E-state index contributed by atoms with van der Waals surface area (Å²) >= 11 is 0. The lowest BCUT2D eigenvalue weighted by Crippen LogP contribution is -2.37. The first-order valence-electron chi connectivity index (χ1n) is 6.42. The fourth-order valence-corrected chi connectivity index (χ4v) is 1.97. The SMILES string of the molecule is COCC(NCc1cccc([N+](=O)[O-])c1C)C(C)C. The molecule has 0 amide bonds. The highest BCUT2D eigenvalue weighted by Gasteiger charge is 2.16. The van der Waals surface area contributed by atoms with Crippen molar-refractivity contribution < 1.29 is 9.66 Å². The molecule has 1 unspecified atom stereocenters. The summed E-state index contributed by atoms with van der Waals surface area (Å²) in [6.45, 7) is 7.27. The van der Waals surface area contributed by atoms with E-state index in [1.165, 1.54) is 6.07 Å². The quantitative estimate of drug-likeness (QED) is 0.608. The van der Waals surface area contributed by atoms with Crippen LogP contribution >= 0.6 is 0 Å². The molecule has 1 rings (SSSR count). The van der Waals surface area contributed by atoms with E-state index in [9.17, 15) is 10.1 Å². The van der Waals surface area contributed by atoms with Crippen LogP contribution in [-0.2, 0) is 11.3 Å². The maximum Gasteiger partial charge on any atom is 0.272 e. The van der Waals surface area contributed by atoms with Crippen molar-refractivity contribution >= 4 is 5.69 Å². The molecule has 0 saturated carbocycles. The summed E-state index contributed by atoms with van der Waals surface area (Å²) in [6, 6.07) is 5.42. The van der Waals surface area contributed by atoms with Crippen LogP contribution in [0.1, 0.15) is 25.0 Å². The van der Waals surface area contributed by atoms with E-state index in [2.05, 4.69) is 19.2 Å². The lowest BCUT2D eigenvalue weighted by molar-refractivity contribution is -0.385. The third kappa shape index (κ3) is 4.29. The van der Waals surface area contributed by atoms with Crippen LogP contribution in [0.25, 0.3) is 0 Å². The minimum atomic E-state index is -0.339. The second-order valence-electron chi connectivity index (χ2n) is 5.01. The lowest BCUT2D eigenvalue weighted by atomic mass is 10.0. The van der Waals surface area contributed by atoms with Crippen LogP contribution in [0.2, 0.25) is 0 Å². The number of nitrogens with one attached hydrogen (secondary N) is 1. The predicted octanol–water partition coefficient (Wildman–Crippen LogP) is 2.66. The Morgan fingerprint density at radius 1 is 1.42 bits per heavy atom. The number of benzene rings is 1. The van der Waals surface area contributed by atoms with Gasteiger partial charge in [-0.3, -0.25) is 10.1 Å². The molecule has 5 nitrogen and oxygen atoms in total. The second kappa shape index (κ2) is 7.21. The summed E-state index contributed by atoms with van der Waals surface area (Å²) in [5.41, 5.74) is 1.85. The number of methoxy groups -OCH3 is 1. The molecule has 1 N–H and O–H groups in total. The van der Waals surface area contributed by atoms with Gasteiger partial charge in [0.05, 0.1) is 11.5 Å². The number of nitro benzene ring substituents is 1. The van der Waals surface area contributed by atoms with Gasteiger partial charge in [0.1, 0.15) is 0 Å². The minimum absolute atomic E-state index is 0.173. The third-order valence-electron chi connectivity index (χ3n) is 3.32. The van der Waals surface area contributed by atoms with E-state index in [1.807, 2.05) is 6.07 Å². The highest BCUT2D eigenvalue weighted by Crippen LogP contribution is 2.21. The molecule has 5 heteroatoms. The molecule has 1 atom stereocenters. The van der Waals surface area contributed by atoms with Crippen molar-refractivity contribution in [3.63, 3.8) is 0 Å². The van der Waals surface area contributed by atoms with Crippen molar-refractivity contribution in [2.45, 2.75) is 33.4 Å². The van der Waals surface area contributed by atoms with Gasteiger partial charge in [0.25, 0.3) is 5.69 Å². The predicted molar refractivity (Wildman–Crippen MR) is 75.2 cm³/mol. The Morgan fingerprint density at radius 3 is 2.63 bits per heavy atom. The fourth-order valence-electron chi connectivity index (χ4n) is 1.97. The van der Waals surface area contributed by atoms with E-state index in [4.69, 9.17) is 4.74 Å². The van der Waals surface area contributed by atoms with Crippen molar-refractivity contribution in [2.24, 2.45) is 5.92 Å². The molecule has 0 radical (unpaired) electrons. The molecule has 0 bridgehead atoms.